The molecule has 0 aliphatic carbocycles. The third-order valence-electron chi connectivity index (χ3n) is 5.11. The van der Waals surface area contributed by atoms with Crippen LogP contribution in [-0.4, -0.2) is 26.5 Å². The number of hydrogen-bond acceptors (Lipinski definition) is 3. The van der Waals surface area contributed by atoms with Crippen molar-refractivity contribution in [2.45, 2.75) is 20.3 Å². The zero-order valence-corrected chi connectivity index (χ0v) is 19.0. The predicted octanol–water partition coefficient (Wildman–Crippen LogP) is 5.60. The Kier molecular flexibility index (Phi) is 7.31. The first kappa shape index (κ1) is 23.1. The lowest BCUT2D eigenvalue weighted by Crippen LogP contribution is -2.24. The molecule has 3 aromatic carbocycles. The van der Waals surface area contributed by atoms with Crippen molar-refractivity contribution in [2.24, 2.45) is 0 Å². The minimum Gasteiger partial charge on any atom is -0.457 e. The number of halogens is 1. The number of amides is 1. The number of carbonyl (C=O) groups excluding carboxylic acids is 1. The molecule has 0 radical (unpaired) electrons. The Hall–Kier alpha value is -3.60. The molecule has 0 saturated heterocycles. The fraction of sp³-hybridized carbons (Fsp3) is 0.222. The Labute approximate surface area is 189 Å². The second kappa shape index (κ2) is 10.1. The third kappa shape index (κ3) is 5.55. The Morgan fingerprint density at radius 1 is 1.09 bits per heavy atom. The van der Waals surface area contributed by atoms with Crippen LogP contribution in [0.5, 0.6) is 5.75 Å². The van der Waals surface area contributed by atoms with E-state index in [0.717, 1.165) is 27.9 Å². The van der Waals surface area contributed by atoms with Gasteiger partial charge in [-0.05, 0) is 49.7 Å². The van der Waals surface area contributed by atoms with E-state index in [9.17, 15) is 9.18 Å². The van der Waals surface area contributed by atoms with E-state index in [1.807, 2.05) is 44.1 Å². The van der Waals surface area contributed by atoms with Gasteiger partial charge < -0.3 is 15.0 Å². The molecular formula is C27H29FN2O2. The number of hydrogen-bond donors (Lipinski definition) is 1. The Morgan fingerprint density at radius 3 is 2.44 bits per heavy atom. The Bertz CT molecular complexity index is 1120. The number of carbonyl (C=O) groups is 1. The van der Waals surface area contributed by atoms with Gasteiger partial charge in [0.25, 0.3) is 0 Å². The van der Waals surface area contributed by atoms with Gasteiger partial charge in [-0.3, -0.25) is 4.79 Å². The Balaban J connectivity index is 2.09. The van der Waals surface area contributed by atoms with Crippen molar-refractivity contribution in [2.75, 3.05) is 25.5 Å². The van der Waals surface area contributed by atoms with Crippen LogP contribution in [-0.2, 0) is 11.2 Å². The molecule has 0 fully saturated rings. The lowest BCUT2D eigenvalue weighted by atomic mass is 9.97. The highest BCUT2D eigenvalue weighted by atomic mass is 19.1. The molecule has 0 aliphatic heterocycles. The van der Waals surface area contributed by atoms with Crippen molar-refractivity contribution in [3.8, 4) is 16.9 Å². The molecular weight excluding hydrogens is 403 g/mol. The van der Waals surface area contributed by atoms with Crippen molar-refractivity contribution < 1.29 is 13.9 Å². The van der Waals surface area contributed by atoms with Crippen LogP contribution in [0.2, 0.25) is 0 Å². The number of ether oxygens (including phenoxy) is 1. The molecule has 5 heteroatoms. The SMILES string of the molecule is C=C(Oc1cc(N(C)C)c(-c2cccc(C)c2)cc1CC(=O)NCC)c1ccc(F)cc1. The molecule has 0 saturated carbocycles. The van der Waals surface area contributed by atoms with Crippen LogP contribution in [0, 0.1) is 12.7 Å². The quantitative estimate of drug-likeness (QED) is 0.472. The molecule has 0 unspecified atom stereocenters. The standard InChI is InChI=1S/C27H29FN2O2/c1-6-29-27(31)16-22-15-24(21-9-7-8-18(2)14-21)25(30(4)5)17-26(22)32-19(3)20-10-12-23(28)13-11-20/h7-15,17H,3,6,16H2,1-2,4-5H3,(H,29,31). The summed E-state index contributed by atoms with van der Waals surface area (Å²) in [6.07, 6.45) is 0.173. The minimum atomic E-state index is -0.323. The van der Waals surface area contributed by atoms with Gasteiger partial charge in [0.15, 0.2) is 0 Å². The molecule has 4 nitrogen and oxygen atoms in total. The minimum absolute atomic E-state index is 0.0856. The molecule has 32 heavy (non-hydrogen) atoms. The topological polar surface area (TPSA) is 41.6 Å². The number of nitrogens with zero attached hydrogens (tertiary/aromatic N) is 1. The number of likely N-dealkylation sites (N-methyl/N-ethyl adjacent to an activating group) is 1. The second-order valence-electron chi connectivity index (χ2n) is 7.90. The smallest absolute Gasteiger partial charge is 0.224 e. The van der Waals surface area contributed by atoms with E-state index in [1.54, 1.807) is 12.1 Å². The van der Waals surface area contributed by atoms with Gasteiger partial charge in [0, 0.05) is 49.1 Å². The first-order chi connectivity index (χ1) is 15.3. The van der Waals surface area contributed by atoms with E-state index >= 15 is 0 Å². The summed E-state index contributed by atoms with van der Waals surface area (Å²) in [6, 6.07) is 18.2. The molecule has 3 aromatic rings. The normalized spacial score (nSPS) is 10.5. The van der Waals surface area contributed by atoms with Crippen LogP contribution in [0.1, 0.15) is 23.6 Å². The molecule has 0 aromatic heterocycles. The molecule has 0 heterocycles. The molecule has 0 spiro atoms. The van der Waals surface area contributed by atoms with Gasteiger partial charge >= 0.3 is 0 Å². The summed E-state index contributed by atoms with van der Waals surface area (Å²) in [5.41, 5.74) is 5.61. The second-order valence-corrected chi connectivity index (χ2v) is 7.90. The molecule has 1 amide bonds. The van der Waals surface area contributed by atoms with E-state index in [0.29, 0.717) is 23.6 Å². The third-order valence-corrected chi connectivity index (χ3v) is 5.11. The van der Waals surface area contributed by atoms with Crippen molar-refractivity contribution in [1.82, 2.24) is 5.32 Å². The van der Waals surface area contributed by atoms with Gasteiger partial charge in [-0.25, -0.2) is 4.39 Å². The maximum atomic E-state index is 13.3. The summed E-state index contributed by atoms with van der Waals surface area (Å²) in [7, 11) is 3.94. The maximum absolute atomic E-state index is 13.3. The number of anilines is 1. The van der Waals surface area contributed by atoms with E-state index in [1.165, 1.54) is 12.1 Å². The first-order valence-electron chi connectivity index (χ1n) is 10.6. The summed E-state index contributed by atoms with van der Waals surface area (Å²) < 4.78 is 19.4. The van der Waals surface area contributed by atoms with Crippen LogP contribution < -0.4 is 15.0 Å². The van der Waals surface area contributed by atoms with Gasteiger partial charge in [-0.15, -0.1) is 0 Å². The predicted molar refractivity (Wildman–Crippen MR) is 129 cm³/mol. The summed E-state index contributed by atoms with van der Waals surface area (Å²) in [5, 5.41) is 2.85. The highest BCUT2D eigenvalue weighted by Crippen LogP contribution is 2.38. The van der Waals surface area contributed by atoms with E-state index in [-0.39, 0.29) is 18.1 Å². The summed E-state index contributed by atoms with van der Waals surface area (Å²) in [6.45, 7) is 8.51. The zero-order chi connectivity index (χ0) is 23.3. The van der Waals surface area contributed by atoms with E-state index in [4.69, 9.17) is 4.74 Å². The molecule has 0 atom stereocenters. The van der Waals surface area contributed by atoms with Crippen LogP contribution in [0.3, 0.4) is 0 Å². The summed E-state index contributed by atoms with van der Waals surface area (Å²) in [4.78, 5) is 14.5. The van der Waals surface area contributed by atoms with Crippen molar-refractivity contribution >= 4 is 17.4 Å². The molecule has 0 aliphatic rings. The van der Waals surface area contributed by atoms with E-state index in [2.05, 4.69) is 37.0 Å². The van der Waals surface area contributed by atoms with Crippen LogP contribution in [0.25, 0.3) is 16.9 Å². The molecule has 1 N–H and O–H groups in total. The largest absolute Gasteiger partial charge is 0.457 e. The lowest BCUT2D eigenvalue weighted by Gasteiger charge is -2.22. The Morgan fingerprint density at radius 2 is 1.81 bits per heavy atom. The van der Waals surface area contributed by atoms with Gasteiger partial charge in [0.2, 0.25) is 5.91 Å². The van der Waals surface area contributed by atoms with Crippen molar-refractivity contribution in [3.63, 3.8) is 0 Å². The van der Waals surface area contributed by atoms with Gasteiger partial charge in [0.05, 0.1) is 6.42 Å². The zero-order valence-electron chi connectivity index (χ0n) is 19.0. The molecule has 166 valence electrons. The van der Waals surface area contributed by atoms with Crippen molar-refractivity contribution in [3.05, 3.63) is 89.8 Å². The van der Waals surface area contributed by atoms with Gasteiger partial charge in [-0.2, -0.15) is 0 Å². The number of benzene rings is 3. The van der Waals surface area contributed by atoms with Gasteiger partial charge in [0.1, 0.15) is 17.3 Å². The highest BCUT2D eigenvalue weighted by Gasteiger charge is 2.18. The maximum Gasteiger partial charge on any atom is 0.224 e. The molecule has 0 bridgehead atoms. The fourth-order valence-electron chi connectivity index (χ4n) is 3.52. The highest BCUT2D eigenvalue weighted by molar-refractivity contribution is 5.85. The first-order valence-corrected chi connectivity index (χ1v) is 10.6. The number of nitrogens with one attached hydrogen (secondary N) is 1. The van der Waals surface area contributed by atoms with Crippen molar-refractivity contribution in [1.29, 1.82) is 0 Å². The molecule has 3 rings (SSSR count). The monoisotopic (exact) mass is 432 g/mol. The van der Waals surface area contributed by atoms with Crippen LogP contribution >= 0.6 is 0 Å². The van der Waals surface area contributed by atoms with Crippen LogP contribution in [0.4, 0.5) is 10.1 Å². The number of aryl methyl sites for hydroxylation is 1. The summed E-state index contributed by atoms with van der Waals surface area (Å²) in [5.74, 6) is 0.522. The van der Waals surface area contributed by atoms with Crippen LogP contribution in [0.15, 0.2) is 67.2 Å². The summed E-state index contributed by atoms with van der Waals surface area (Å²) >= 11 is 0. The number of rotatable bonds is 8. The van der Waals surface area contributed by atoms with E-state index < -0.39 is 0 Å². The van der Waals surface area contributed by atoms with Gasteiger partial charge in [-0.1, -0.05) is 36.4 Å². The fourth-order valence-corrected chi connectivity index (χ4v) is 3.52. The average Bonchev–Trinajstić information content (AvgIpc) is 2.75. The average molecular weight is 433 g/mol. The lowest BCUT2D eigenvalue weighted by molar-refractivity contribution is -0.120.